The third kappa shape index (κ3) is 5.16. The molecule has 1 aromatic carbocycles. The molecule has 25 heavy (non-hydrogen) atoms. The Bertz CT molecular complexity index is 579. The highest BCUT2D eigenvalue weighted by Gasteiger charge is 2.34. The first-order chi connectivity index (χ1) is 12.2. The Morgan fingerprint density at radius 1 is 1.28 bits per heavy atom. The molecule has 1 saturated heterocycles. The number of hydrogen-bond acceptors (Lipinski definition) is 3. The molecule has 1 heterocycles. The normalized spacial score (nSPS) is 23.3. The Morgan fingerprint density at radius 2 is 2.04 bits per heavy atom. The van der Waals surface area contributed by atoms with Crippen LogP contribution in [0.2, 0.25) is 0 Å². The average molecular weight is 342 g/mol. The van der Waals surface area contributed by atoms with Gasteiger partial charge in [-0.25, -0.2) is 0 Å². The summed E-state index contributed by atoms with van der Waals surface area (Å²) in [4.78, 5) is 12.3. The summed E-state index contributed by atoms with van der Waals surface area (Å²) in [6.07, 6.45) is 9.03. The van der Waals surface area contributed by atoms with Crippen LogP contribution >= 0.6 is 0 Å². The lowest BCUT2D eigenvalue weighted by Gasteiger charge is -2.40. The zero-order valence-electron chi connectivity index (χ0n) is 15.2. The third-order valence-electron chi connectivity index (χ3n) is 5.46. The van der Waals surface area contributed by atoms with Crippen molar-refractivity contribution in [2.24, 2.45) is 5.92 Å². The highest BCUT2D eigenvalue weighted by atomic mass is 16.5. The van der Waals surface area contributed by atoms with E-state index in [0.717, 1.165) is 38.9 Å². The third-order valence-corrected chi connectivity index (χ3v) is 5.46. The minimum atomic E-state index is -0.0886. The standard InChI is InChI=1S/C21H30N2O2/c1-17(19-9-3-2-4-10-19)23-21(11-13-25-14-12-21)16-22-20(24)15-18-7-5-6-8-18/h2-5,7,9-10,17-18,23H,6,8,11-16H2,1H3,(H,22,24)/t17-,18+/m1/s1. The van der Waals surface area contributed by atoms with Crippen molar-refractivity contribution in [3.63, 3.8) is 0 Å². The van der Waals surface area contributed by atoms with Gasteiger partial charge in [0.25, 0.3) is 0 Å². The molecule has 136 valence electrons. The second-order valence-electron chi connectivity index (χ2n) is 7.42. The van der Waals surface area contributed by atoms with E-state index in [0.29, 0.717) is 18.9 Å². The van der Waals surface area contributed by atoms with Gasteiger partial charge in [-0.2, -0.15) is 0 Å². The maximum atomic E-state index is 12.3. The summed E-state index contributed by atoms with van der Waals surface area (Å²) in [5.41, 5.74) is 1.19. The maximum Gasteiger partial charge on any atom is 0.220 e. The maximum absolute atomic E-state index is 12.3. The van der Waals surface area contributed by atoms with Crippen LogP contribution in [0.4, 0.5) is 0 Å². The highest BCUT2D eigenvalue weighted by molar-refractivity contribution is 5.76. The number of amides is 1. The lowest BCUT2D eigenvalue weighted by molar-refractivity contribution is -0.122. The van der Waals surface area contributed by atoms with Gasteiger partial charge >= 0.3 is 0 Å². The molecule has 4 heteroatoms. The minimum absolute atomic E-state index is 0.0886. The molecule has 0 aromatic heterocycles. The van der Waals surface area contributed by atoms with Crippen LogP contribution in [-0.4, -0.2) is 31.2 Å². The van der Waals surface area contributed by atoms with Crippen LogP contribution < -0.4 is 10.6 Å². The van der Waals surface area contributed by atoms with Crippen LogP contribution in [0.5, 0.6) is 0 Å². The summed E-state index contributed by atoms with van der Waals surface area (Å²) in [7, 11) is 0. The van der Waals surface area contributed by atoms with Crippen LogP contribution in [0.3, 0.4) is 0 Å². The largest absolute Gasteiger partial charge is 0.381 e. The predicted octanol–water partition coefficient (Wildman–Crippen LogP) is 3.36. The van der Waals surface area contributed by atoms with Crippen molar-refractivity contribution in [3.05, 3.63) is 48.0 Å². The molecule has 2 atom stereocenters. The lowest BCUT2D eigenvalue weighted by atomic mass is 9.88. The summed E-state index contributed by atoms with van der Waals surface area (Å²) in [5.74, 6) is 0.582. The summed E-state index contributed by atoms with van der Waals surface area (Å²) in [6, 6.07) is 10.7. The van der Waals surface area contributed by atoms with E-state index >= 15 is 0 Å². The van der Waals surface area contributed by atoms with Crippen LogP contribution in [0.25, 0.3) is 0 Å². The van der Waals surface area contributed by atoms with E-state index in [9.17, 15) is 4.79 Å². The SMILES string of the molecule is C[C@@H](NC1(CNC(=O)C[C@H]2C=CCC2)CCOCC1)c1ccccc1. The molecular formula is C21H30N2O2. The molecule has 0 bridgehead atoms. The number of nitrogens with one attached hydrogen (secondary N) is 2. The van der Waals surface area contributed by atoms with E-state index in [-0.39, 0.29) is 17.5 Å². The van der Waals surface area contributed by atoms with Crippen molar-refractivity contribution < 1.29 is 9.53 Å². The van der Waals surface area contributed by atoms with E-state index in [2.05, 4.69) is 54.0 Å². The van der Waals surface area contributed by atoms with Gasteiger partial charge < -0.3 is 15.4 Å². The minimum Gasteiger partial charge on any atom is -0.381 e. The quantitative estimate of drug-likeness (QED) is 0.747. The number of carbonyl (C=O) groups is 1. The summed E-state index contributed by atoms with van der Waals surface area (Å²) in [5, 5.41) is 6.97. The van der Waals surface area contributed by atoms with Crippen LogP contribution in [-0.2, 0) is 9.53 Å². The summed E-state index contributed by atoms with van der Waals surface area (Å²) >= 11 is 0. The molecule has 2 aliphatic rings. The van der Waals surface area contributed by atoms with Gasteiger partial charge in [-0.15, -0.1) is 0 Å². The Kier molecular flexibility index (Phi) is 6.27. The van der Waals surface area contributed by atoms with Gasteiger partial charge in [-0.1, -0.05) is 42.5 Å². The number of hydrogen-bond donors (Lipinski definition) is 2. The Hall–Kier alpha value is -1.65. The second-order valence-corrected chi connectivity index (χ2v) is 7.42. The summed E-state index contributed by atoms with van der Waals surface area (Å²) < 4.78 is 5.56. The topological polar surface area (TPSA) is 50.4 Å². The van der Waals surface area contributed by atoms with E-state index in [1.54, 1.807) is 0 Å². The van der Waals surface area contributed by atoms with E-state index in [1.165, 1.54) is 5.56 Å². The Morgan fingerprint density at radius 3 is 2.72 bits per heavy atom. The van der Waals surface area contributed by atoms with Crippen molar-refractivity contribution in [1.82, 2.24) is 10.6 Å². The van der Waals surface area contributed by atoms with Gasteiger partial charge in [0, 0.05) is 37.8 Å². The highest BCUT2D eigenvalue weighted by Crippen LogP contribution is 2.25. The van der Waals surface area contributed by atoms with Gasteiger partial charge in [0.1, 0.15) is 0 Å². The molecule has 0 radical (unpaired) electrons. The molecule has 0 unspecified atom stereocenters. The molecule has 0 saturated carbocycles. The molecule has 1 amide bonds. The first kappa shape index (κ1) is 18.2. The zero-order valence-corrected chi connectivity index (χ0v) is 15.2. The number of allylic oxidation sites excluding steroid dienone is 2. The van der Waals surface area contributed by atoms with Gasteiger partial charge in [0.15, 0.2) is 0 Å². The van der Waals surface area contributed by atoms with Crippen LogP contribution in [0.1, 0.15) is 50.6 Å². The predicted molar refractivity (Wildman–Crippen MR) is 100 cm³/mol. The van der Waals surface area contributed by atoms with E-state index in [4.69, 9.17) is 4.74 Å². The molecule has 1 aromatic rings. The molecule has 1 aliphatic carbocycles. The molecule has 1 aliphatic heterocycles. The van der Waals surface area contributed by atoms with E-state index < -0.39 is 0 Å². The van der Waals surface area contributed by atoms with Gasteiger partial charge in [-0.05, 0) is 44.1 Å². The molecule has 0 spiro atoms. The van der Waals surface area contributed by atoms with Crippen LogP contribution in [0.15, 0.2) is 42.5 Å². The van der Waals surface area contributed by atoms with Crippen molar-refractivity contribution in [3.8, 4) is 0 Å². The van der Waals surface area contributed by atoms with Gasteiger partial charge in [0.2, 0.25) is 5.91 Å². The second kappa shape index (κ2) is 8.63. The summed E-state index contributed by atoms with van der Waals surface area (Å²) in [6.45, 7) is 4.35. The molecular weight excluding hydrogens is 312 g/mol. The lowest BCUT2D eigenvalue weighted by Crippen LogP contribution is -2.57. The van der Waals surface area contributed by atoms with Crippen molar-refractivity contribution >= 4 is 5.91 Å². The number of carbonyl (C=O) groups excluding carboxylic acids is 1. The van der Waals surface area contributed by atoms with Crippen molar-refractivity contribution in [2.45, 2.75) is 50.6 Å². The molecule has 4 nitrogen and oxygen atoms in total. The fraction of sp³-hybridized carbons (Fsp3) is 0.571. The Balaban J connectivity index is 1.58. The monoisotopic (exact) mass is 342 g/mol. The molecule has 1 fully saturated rings. The first-order valence-electron chi connectivity index (χ1n) is 9.51. The smallest absolute Gasteiger partial charge is 0.220 e. The first-order valence-corrected chi connectivity index (χ1v) is 9.51. The van der Waals surface area contributed by atoms with Crippen molar-refractivity contribution in [1.29, 1.82) is 0 Å². The van der Waals surface area contributed by atoms with E-state index in [1.807, 2.05) is 6.07 Å². The zero-order chi connectivity index (χ0) is 17.5. The fourth-order valence-electron chi connectivity index (χ4n) is 3.86. The molecule has 3 rings (SSSR count). The van der Waals surface area contributed by atoms with Gasteiger partial charge in [0.05, 0.1) is 0 Å². The molecule has 2 N–H and O–H groups in total. The number of rotatable bonds is 7. The van der Waals surface area contributed by atoms with Crippen LogP contribution in [0, 0.1) is 5.92 Å². The number of ether oxygens (including phenoxy) is 1. The Labute approximate surface area is 151 Å². The van der Waals surface area contributed by atoms with Gasteiger partial charge in [-0.3, -0.25) is 4.79 Å². The fourth-order valence-corrected chi connectivity index (χ4v) is 3.86. The van der Waals surface area contributed by atoms with Crippen molar-refractivity contribution in [2.75, 3.05) is 19.8 Å². The number of benzene rings is 1. The average Bonchev–Trinajstić information content (AvgIpc) is 3.15.